The predicted molar refractivity (Wildman–Crippen MR) is 77.5 cm³/mol. The smallest absolute Gasteiger partial charge is 0.0720 e. The Morgan fingerprint density at radius 1 is 1.39 bits per heavy atom. The van der Waals surface area contributed by atoms with Crippen LogP contribution in [0.5, 0.6) is 0 Å². The maximum Gasteiger partial charge on any atom is 0.0720 e. The van der Waals surface area contributed by atoms with Crippen molar-refractivity contribution in [1.82, 2.24) is 0 Å². The Morgan fingerprint density at radius 2 is 2.06 bits per heavy atom. The van der Waals surface area contributed by atoms with Crippen LogP contribution < -0.4 is 11.1 Å². The highest BCUT2D eigenvalue weighted by atomic mass is 35.5. The van der Waals surface area contributed by atoms with Crippen molar-refractivity contribution in [3.63, 3.8) is 0 Å². The van der Waals surface area contributed by atoms with Gasteiger partial charge in [-0.3, -0.25) is 0 Å². The van der Waals surface area contributed by atoms with Crippen LogP contribution >= 0.6 is 23.2 Å². The third-order valence-electron chi connectivity index (χ3n) is 3.35. The summed E-state index contributed by atoms with van der Waals surface area (Å²) in [7, 11) is 0. The zero-order valence-corrected chi connectivity index (χ0v) is 11.9. The first-order valence-electron chi connectivity index (χ1n) is 6.21. The minimum absolute atomic E-state index is 0.337. The number of hydrogen-bond acceptors (Lipinski definition) is 3. The monoisotopic (exact) mass is 288 g/mol. The summed E-state index contributed by atoms with van der Waals surface area (Å²) in [6.45, 7) is 3.81. The molecular weight excluding hydrogens is 271 g/mol. The molecule has 1 aromatic carbocycles. The van der Waals surface area contributed by atoms with E-state index in [0.717, 1.165) is 31.7 Å². The molecule has 2 rings (SSSR count). The average molecular weight is 289 g/mol. The molecule has 0 saturated carbocycles. The Hall–Kier alpha value is -0.640. The minimum Gasteiger partial charge on any atom is -0.399 e. The number of ether oxygens (including phenoxy) is 1. The fourth-order valence-electron chi connectivity index (χ4n) is 2.37. The van der Waals surface area contributed by atoms with Crippen LogP contribution in [0.15, 0.2) is 12.1 Å². The molecule has 0 radical (unpaired) electrons. The highest BCUT2D eigenvalue weighted by Gasteiger charge is 2.26. The van der Waals surface area contributed by atoms with Gasteiger partial charge in [-0.2, -0.15) is 0 Å². The summed E-state index contributed by atoms with van der Waals surface area (Å²) in [5, 5.41) is 4.44. The number of rotatable bonds is 4. The van der Waals surface area contributed by atoms with E-state index >= 15 is 0 Å². The Bertz CT molecular complexity index is 402. The molecule has 100 valence electrons. The number of nitrogens with one attached hydrogen (secondary N) is 1. The summed E-state index contributed by atoms with van der Waals surface area (Å²) in [4.78, 5) is 0. The van der Waals surface area contributed by atoms with Gasteiger partial charge in [0, 0.05) is 24.8 Å². The molecule has 3 nitrogen and oxygen atoms in total. The van der Waals surface area contributed by atoms with Crippen molar-refractivity contribution in [2.75, 3.05) is 24.2 Å². The molecule has 1 aliphatic heterocycles. The van der Waals surface area contributed by atoms with Gasteiger partial charge < -0.3 is 15.8 Å². The van der Waals surface area contributed by atoms with Crippen LogP contribution in [0.3, 0.4) is 0 Å². The van der Waals surface area contributed by atoms with Crippen molar-refractivity contribution < 1.29 is 4.74 Å². The van der Waals surface area contributed by atoms with Crippen LogP contribution in [0.1, 0.15) is 19.8 Å². The maximum atomic E-state index is 6.13. The summed E-state index contributed by atoms with van der Waals surface area (Å²) in [5.74, 6) is 0.514. The van der Waals surface area contributed by atoms with Gasteiger partial charge in [-0.25, -0.2) is 0 Å². The van der Waals surface area contributed by atoms with E-state index in [1.807, 2.05) is 0 Å². The van der Waals surface area contributed by atoms with Crippen molar-refractivity contribution in [2.45, 2.75) is 25.9 Å². The molecule has 3 N–H and O–H groups in total. The topological polar surface area (TPSA) is 47.3 Å². The number of benzene rings is 1. The number of nitrogens with two attached hydrogens (primary N) is 1. The van der Waals surface area contributed by atoms with E-state index < -0.39 is 0 Å². The molecule has 2 atom stereocenters. The lowest BCUT2D eigenvalue weighted by molar-refractivity contribution is 0.0900. The van der Waals surface area contributed by atoms with Crippen LogP contribution in [0.25, 0.3) is 0 Å². The summed E-state index contributed by atoms with van der Waals surface area (Å²) in [5.41, 5.74) is 7.01. The Balaban J connectivity index is 2.02. The first kappa shape index (κ1) is 13.8. The largest absolute Gasteiger partial charge is 0.399 e. The van der Waals surface area contributed by atoms with Crippen molar-refractivity contribution >= 4 is 34.6 Å². The molecule has 18 heavy (non-hydrogen) atoms. The first-order valence-corrected chi connectivity index (χ1v) is 6.97. The fourth-order valence-corrected chi connectivity index (χ4v) is 3.01. The van der Waals surface area contributed by atoms with Gasteiger partial charge in [-0.1, -0.05) is 30.1 Å². The zero-order chi connectivity index (χ0) is 13.1. The minimum atomic E-state index is 0.337. The fraction of sp³-hybridized carbons (Fsp3) is 0.538. The summed E-state index contributed by atoms with van der Waals surface area (Å²) >= 11 is 12.3. The van der Waals surface area contributed by atoms with E-state index in [0.29, 0.717) is 27.8 Å². The molecule has 0 bridgehead atoms. The average Bonchev–Trinajstić information content (AvgIpc) is 2.75. The number of nitrogen functional groups attached to an aromatic ring is 1. The summed E-state index contributed by atoms with van der Waals surface area (Å²) in [6.07, 6.45) is 2.45. The van der Waals surface area contributed by atoms with Crippen LogP contribution in [-0.2, 0) is 4.74 Å². The third-order valence-corrected chi connectivity index (χ3v) is 3.95. The van der Waals surface area contributed by atoms with Crippen molar-refractivity contribution in [3.8, 4) is 0 Å². The molecule has 1 aliphatic rings. The molecule has 0 aromatic heterocycles. The molecular formula is C13H18Cl2N2O. The molecule has 5 heteroatoms. The highest BCUT2D eigenvalue weighted by molar-refractivity contribution is 6.39. The summed E-state index contributed by atoms with van der Waals surface area (Å²) in [6, 6.07) is 3.41. The second kappa shape index (κ2) is 6.00. The SMILES string of the molecule is CCC1OCCC1CNc1c(Cl)cc(N)cc1Cl. The number of hydrogen-bond donors (Lipinski definition) is 2. The molecule has 0 spiro atoms. The summed E-state index contributed by atoms with van der Waals surface area (Å²) < 4.78 is 5.66. The lowest BCUT2D eigenvalue weighted by atomic mass is 9.99. The Labute approximate surface area is 118 Å². The van der Waals surface area contributed by atoms with Gasteiger partial charge in [0.1, 0.15) is 0 Å². The van der Waals surface area contributed by atoms with Crippen LogP contribution in [0.2, 0.25) is 10.0 Å². The van der Waals surface area contributed by atoms with Crippen LogP contribution in [-0.4, -0.2) is 19.3 Å². The number of halogens is 2. The predicted octanol–water partition coefficient (Wildman–Crippen LogP) is 3.80. The van der Waals surface area contributed by atoms with E-state index in [9.17, 15) is 0 Å². The second-order valence-electron chi connectivity index (χ2n) is 4.61. The van der Waals surface area contributed by atoms with Gasteiger partial charge >= 0.3 is 0 Å². The molecule has 1 fully saturated rings. The standard InChI is InChI=1S/C13H18Cl2N2O/c1-2-12-8(3-4-18-12)7-17-13-10(14)5-9(16)6-11(13)15/h5-6,8,12,17H,2-4,7,16H2,1H3. The first-order chi connectivity index (χ1) is 8.61. The zero-order valence-electron chi connectivity index (χ0n) is 10.4. The van der Waals surface area contributed by atoms with Crippen molar-refractivity contribution in [3.05, 3.63) is 22.2 Å². The van der Waals surface area contributed by atoms with Gasteiger partial charge in [0.05, 0.1) is 21.8 Å². The van der Waals surface area contributed by atoms with Gasteiger partial charge in [0.25, 0.3) is 0 Å². The third kappa shape index (κ3) is 3.02. The maximum absolute atomic E-state index is 6.13. The van der Waals surface area contributed by atoms with Gasteiger partial charge in [0.2, 0.25) is 0 Å². The van der Waals surface area contributed by atoms with E-state index in [1.165, 1.54) is 0 Å². The van der Waals surface area contributed by atoms with Crippen molar-refractivity contribution in [2.24, 2.45) is 5.92 Å². The molecule has 1 heterocycles. The van der Waals surface area contributed by atoms with E-state index in [2.05, 4.69) is 12.2 Å². The quantitative estimate of drug-likeness (QED) is 0.829. The molecule has 0 aliphatic carbocycles. The Kier molecular flexibility index (Phi) is 4.60. The van der Waals surface area contributed by atoms with E-state index in [4.69, 9.17) is 33.7 Å². The lowest BCUT2D eigenvalue weighted by Gasteiger charge is -2.19. The van der Waals surface area contributed by atoms with E-state index in [-0.39, 0.29) is 0 Å². The molecule has 0 amide bonds. The lowest BCUT2D eigenvalue weighted by Crippen LogP contribution is -2.23. The molecule has 2 unspecified atom stereocenters. The van der Waals surface area contributed by atoms with E-state index in [1.54, 1.807) is 12.1 Å². The number of anilines is 2. The second-order valence-corrected chi connectivity index (χ2v) is 5.42. The van der Waals surface area contributed by atoms with Crippen molar-refractivity contribution in [1.29, 1.82) is 0 Å². The Morgan fingerprint density at radius 3 is 2.67 bits per heavy atom. The normalized spacial score (nSPS) is 23.3. The van der Waals surface area contributed by atoms with Crippen LogP contribution in [0.4, 0.5) is 11.4 Å². The van der Waals surface area contributed by atoms with Gasteiger partial charge in [0.15, 0.2) is 0 Å². The van der Waals surface area contributed by atoms with Crippen LogP contribution in [0, 0.1) is 5.92 Å². The molecule has 1 aromatic rings. The highest BCUT2D eigenvalue weighted by Crippen LogP contribution is 2.33. The van der Waals surface area contributed by atoms with Gasteiger partial charge in [-0.05, 0) is 25.0 Å². The molecule has 1 saturated heterocycles. The van der Waals surface area contributed by atoms with Gasteiger partial charge in [-0.15, -0.1) is 0 Å².